The lowest BCUT2D eigenvalue weighted by atomic mass is 10.0. The number of hydrogen-bond donors (Lipinski definition) is 0. The summed E-state index contributed by atoms with van der Waals surface area (Å²) in [5.74, 6) is 0.500. The SMILES string of the molecule is CCC.CCCc1c(CCl)ncc2ccccc12. The van der Waals surface area contributed by atoms with E-state index in [-0.39, 0.29) is 0 Å². The number of alkyl halides is 1. The van der Waals surface area contributed by atoms with Crippen LogP contribution in [-0.2, 0) is 12.3 Å². The predicted octanol–water partition coefficient (Wildman–Crippen LogP) is 5.34. The van der Waals surface area contributed by atoms with Crippen LogP contribution >= 0.6 is 11.6 Å². The fourth-order valence-electron chi connectivity index (χ4n) is 1.91. The molecule has 0 atom stereocenters. The number of rotatable bonds is 3. The van der Waals surface area contributed by atoms with Crippen LogP contribution in [0.4, 0.5) is 0 Å². The van der Waals surface area contributed by atoms with Gasteiger partial charge in [-0.05, 0) is 17.4 Å². The van der Waals surface area contributed by atoms with Crippen LogP contribution in [0.15, 0.2) is 30.5 Å². The topological polar surface area (TPSA) is 12.9 Å². The van der Waals surface area contributed by atoms with Crippen molar-refractivity contribution in [2.75, 3.05) is 0 Å². The number of aryl methyl sites for hydroxylation is 1. The number of fused-ring (bicyclic) bond motifs is 1. The fourth-order valence-corrected chi connectivity index (χ4v) is 2.14. The average Bonchev–Trinajstić information content (AvgIpc) is 2.40. The Morgan fingerprint density at radius 1 is 1.11 bits per heavy atom. The predicted molar refractivity (Wildman–Crippen MR) is 81.3 cm³/mol. The Morgan fingerprint density at radius 2 is 1.78 bits per heavy atom. The molecule has 0 bridgehead atoms. The fraction of sp³-hybridized carbons (Fsp3) is 0.438. The molecule has 0 radical (unpaired) electrons. The Balaban J connectivity index is 0.000000492. The van der Waals surface area contributed by atoms with Gasteiger partial charge in [0.1, 0.15) is 0 Å². The molecular weight excluding hydrogens is 242 g/mol. The van der Waals surface area contributed by atoms with E-state index < -0.39 is 0 Å². The second-order valence-corrected chi connectivity index (χ2v) is 4.63. The quantitative estimate of drug-likeness (QED) is 0.681. The lowest BCUT2D eigenvalue weighted by Crippen LogP contribution is -1.96. The summed E-state index contributed by atoms with van der Waals surface area (Å²) in [6, 6.07) is 8.36. The number of nitrogens with zero attached hydrogens (tertiary/aromatic N) is 1. The van der Waals surface area contributed by atoms with Crippen LogP contribution in [0.3, 0.4) is 0 Å². The highest BCUT2D eigenvalue weighted by atomic mass is 35.5. The largest absolute Gasteiger partial charge is 0.259 e. The van der Waals surface area contributed by atoms with Crippen molar-refractivity contribution in [2.24, 2.45) is 0 Å². The molecule has 98 valence electrons. The summed E-state index contributed by atoms with van der Waals surface area (Å²) in [5.41, 5.74) is 2.34. The van der Waals surface area contributed by atoms with Gasteiger partial charge in [-0.2, -0.15) is 0 Å². The maximum Gasteiger partial charge on any atom is 0.0650 e. The minimum absolute atomic E-state index is 0.500. The van der Waals surface area contributed by atoms with Crippen molar-refractivity contribution in [1.82, 2.24) is 4.98 Å². The lowest BCUT2D eigenvalue weighted by Gasteiger charge is -2.09. The van der Waals surface area contributed by atoms with Crippen molar-refractivity contribution in [3.63, 3.8) is 0 Å². The van der Waals surface area contributed by atoms with Gasteiger partial charge in [-0.3, -0.25) is 4.98 Å². The zero-order valence-electron chi connectivity index (χ0n) is 11.5. The maximum absolute atomic E-state index is 5.91. The van der Waals surface area contributed by atoms with E-state index in [2.05, 4.69) is 44.0 Å². The first-order valence-corrected chi connectivity index (χ1v) is 7.23. The second-order valence-electron chi connectivity index (χ2n) is 4.36. The summed E-state index contributed by atoms with van der Waals surface area (Å²) in [6.45, 7) is 6.43. The Morgan fingerprint density at radius 3 is 2.39 bits per heavy atom. The van der Waals surface area contributed by atoms with E-state index >= 15 is 0 Å². The van der Waals surface area contributed by atoms with Crippen LogP contribution in [0, 0.1) is 0 Å². The van der Waals surface area contributed by atoms with Crippen LogP contribution in [0.5, 0.6) is 0 Å². The van der Waals surface area contributed by atoms with Gasteiger partial charge in [0.15, 0.2) is 0 Å². The minimum atomic E-state index is 0.500. The number of aromatic nitrogens is 1. The van der Waals surface area contributed by atoms with Crippen LogP contribution in [0.25, 0.3) is 10.8 Å². The minimum Gasteiger partial charge on any atom is -0.259 e. The van der Waals surface area contributed by atoms with Crippen molar-refractivity contribution in [3.05, 3.63) is 41.7 Å². The van der Waals surface area contributed by atoms with Crippen LogP contribution < -0.4 is 0 Å². The first kappa shape index (κ1) is 15.0. The van der Waals surface area contributed by atoms with Crippen LogP contribution in [0.2, 0.25) is 0 Å². The van der Waals surface area contributed by atoms with Crippen LogP contribution in [0.1, 0.15) is 44.9 Å². The molecule has 0 aliphatic carbocycles. The van der Waals surface area contributed by atoms with Gasteiger partial charge in [0.05, 0.1) is 11.6 Å². The first-order chi connectivity index (χ1) is 8.78. The Labute approximate surface area is 115 Å². The van der Waals surface area contributed by atoms with E-state index in [1.807, 2.05) is 12.3 Å². The van der Waals surface area contributed by atoms with Crippen molar-refractivity contribution >= 4 is 22.4 Å². The van der Waals surface area contributed by atoms with Gasteiger partial charge in [-0.1, -0.05) is 57.9 Å². The molecule has 0 amide bonds. The Kier molecular flexibility index (Phi) is 6.74. The highest BCUT2D eigenvalue weighted by molar-refractivity contribution is 6.17. The smallest absolute Gasteiger partial charge is 0.0650 e. The van der Waals surface area contributed by atoms with Gasteiger partial charge in [0.25, 0.3) is 0 Å². The van der Waals surface area contributed by atoms with Crippen LogP contribution in [-0.4, -0.2) is 4.98 Å². The van der Waals surface area contributed by atoms with Gasteiger partial charge in [-0.15, -0.1) is 11.6 Å². The second kappa shape index (κ2) is 8.10. The van der Waals surface area contributed by atoms with Gasteiger partial charge in [0, 0.05) is 11.6 Å². The normalized spacial score (nSPS) is 10.0. The monoisotopic (exact) mass is 263 g/mol. The molecule has 2 aromatic rings. The van der Waals surface area contributed by atoms with Crippen molar-refractivity contribution < 1.29 is 0 Å². The van der Waals surface area contributed by atoms with Crippen molar-refractivity contribution in [1.29, 1.82) is 0 Å². The molecule has 1 aromatic carbocycles. The van der Waals surface area contributed by atoms with Gasteiger partial charge >= 0.3 is 0 Å². The third-order valence-electron chi connectivity index (χ3n) is 2.62. The van der Waals surface area contributed by atoms with Crippen molar-refractivity contribution in [2.45, 2.75) is 45.9 Å². The van der Waals surface area contributed by atoms with E-state index in [9.17, 15) is 0 Å². The molecule has 0 saturated heterocycles. The molecule has 2 heteroatoms. The molecule has 1 aromatic heterocycles. The molecule has 18 heavy (non-hydrogen) atoms. The first-order valence-electron chi connectivity index (χ1n) is 6.69. The lowest BCUT2D eigenvalue weighted by molar-refractivity contribution is 0.905. The summed E-state index contributed by atoms with van der Waals surface area (Å²) in [5, 5.41) is 2.50. The summed E-state index contributed by atoms with van der Waals surface area (Å²) in [4.78, 5) is 4.41. The number of pyridine rings is 1. The van der Waals surface area contributed by atoms with Gasteiger partial charge in [0.2, 0.25) is 0 Å². The molecule has 0 N–H and O–H groups in total. The molecule has 1 heterocycles. The summed E-state index contributed by atoms with van der Waals surface area (Å²) in [7, 11) is 0. The van der Waals surface area contributed by atoms with E-state index in [0.717, 1.165) is 18.5 Å². The van der Waals surface area contributed by atoms with Gasteiger partial charge < -0.3 is 0 Å². The molecule has 1 nitrogen and oxygen atoms in total. The maximum atomic E-state index is 5.91. The zero-order chi connectivity index (χ0) is 13.4. The molecule has 0 unspecified atom stereocenters. The highest BCUT2D eigenvalue weighted by Gasteiger charge is 2.06. The Hall–Kier alpha value is -1.08. The Bertz CT molecular complexity index is 479. The molecular formula is C16H22ClN. The molecule has 0 fully saturated rings. The zero-order valence-corrected chi connectivity index (χ0v) is 12.3. The van der Waals surface area contributed by atoms with E-state index in [4.69, 9.17) is 11.6 Å². The molecule has 0 saturated carbocycles. The van der Waals surface area contributed by atoms with E-state index in [1.54, 1.807) is 0 Å². The number of benzene rings is 1. The molecule has 2 rings (SSSR count). The third kappa shape index (κ3) is 3.71. The summed E-state index contributed by atoms with van der Waals surface area (Å²) in [6.07, 6.45) is 5.34. The van der Waals surface area contributed by atoms with E-state index in [1.165, 1.54) is 22.8 Å². The van der Waals surface area contributed by atoms with Crippen molar-refractivity contribution in [3.8, 4) is 0 Å². The number of hydrogen-bond acceptors (Lipinski definition) is 1. The standard InChI is InChI=1S/C13H14ClN.C3H8/c1-2-5-12-11-7-4-3-6-10(11)9-15-13(12)8-14;1-3-2/h3-4,6-7,9H,2,5,8H2,1H3;3H2,1-2H3. The molecule has 0 spiro atoms. The summed E-state index contributed by atoms with van der Waals surface area (Å²) < 4.78 is 0. The number of halogens is 1. The highest BCUT2D eigenvalue weighted by Crippen LogP contribution is 2.22. The molecule has 0 aliphatic heterocycles. The average molecular weight is 264 g/mol. The third-order valence-corrected chi connectivity index (χ3v) is 2.87. The molecule has 0 aliphatic rings. The summed E-state index contributed by atoms with van der Waals surface area (Å²) >= 11 is 5.91. The van der Waals surface area contributed by atoms with E-state index in [0.29, 0.717) is 5.88 Å². The van der Waals surface area contributed by atoms with Gasteiger partial charge in [-0.25, -0.2) is 0 Å².